The van der Waals surface area contributed by atoms with Crippen LogP contribution >= 0.6 is 0 Å². The molecule has 2 aromatic rings. The number of amides is 1. The van der Waals surface area contributed by atoms with Crippen molar-refractivity contribution in [3.63, 3.8) is 0 Å². The Morgan fingerprint density at radius 2 is 2.04 bits per heavy atom. The summed E-state index contributed by atoms with van der Waals surface area (Å²) in [5.74, 6) is 1.04. The number of carbonyl (C=O) groups excluding carboxylic acids is 1. The van der Waals surface area contributed by atoms with Gasteiger partial charge < -0.3 is 14.1 Å². The Balaban J connectivity index is 1.63. The molecule has 1 aliphatic rings. The fraction of sp³-hybridized carbons (Fsp3) is 0.500. The van der Waals surface area contributed by atoms with E-state index in [0.29, 0.717) is 44.2 Å². The normalized spacial score (nSPS) is 18.2. The minimum Gasteiger partial charge on any atom is -0.442 e. The molecule has 1 aliphatic heterocycles. The Morgan fingerprint density at radius 3 is 2.73 bits per heavy atom. The van der Waals surface area contributed by atoms with Crippen molar-refractivity contribution < 1.29 is 18.3 Å². The van der Waals surface area contributed by atoms with Crippen molar-refractivity contribution in [2.75, 3.05) is 19.7 Å². The first-order valence-electron chi connectivity index (χ1n) is 8.88. The highest BCUT2D eigenvalue weighted by atomic mass is 19.1. The molecule has 6 heteroatoms. The predicted octanol–water partition coefficient (Wildman–Crippen LogP) is 3.74. The highest BCUT2D eigenvalue weighted by Gasteiger charge is 2.30. The number of ether oxygens (including phenoxy) is 1. The lowest BCUT2D eigenvalue weighted by Crippen LogP contribution is -2.43. The third-order valence-corrected chi connectivity index (χ3v) is 4.24. The Kier molecular flexibility index (Phi) is 5.41. The van der Waals surface area contributed by atoms with Crippen LogP contribution in [0.2, 0.25) is 0 Å². The van der Waals surface area contributed by atoms with E-state index in [9.17, 15) is 9.18 Å². The second kappa shape index (κ2) is 7.58. The molecule has 1 fully saturated rings. The van der Waals surface area contributed by atoms with Gasteiger partial charge in [-0.15, -0.1) is 0 Å². The summed E-state index contributed by atoms with van der Waals surface area (Å²) in [6.45, 7) is 7.67. The minimum absolute atomic E-state index is 0.0455. The second-order valence-electron chi connectivity index (χ2n) is 7.90. The largest absolute Gasteiger partial charge is 0.442 e. The van der Waals surface area contributed by atoms with E-state index in [-0.39, 0.29) is 23.2 Å². The number of hydrogen-bond donors (Lipinski definition) is 0. The second-order valence-corrected chi connectivity index (χ2v) is 7.90. The van der Waals surface area contributed by atoms with Crippen LogP contribution in [0.15, 0.2) is 34.9 Å². The van der Waals surface area contributed by atoms with E-state index < -0.39 is 0 Å². The molecule has 0 saturated carbocycles. The van der Waals surface area contributed by atoms with Gasteiger partial charge in [0.05, 0.1) is 19.3 Å². The van der Waals surface area contributed by atoms with Crippen molar-refractivity contribution in [3.8, 4) is 0 Å². The zero-order valence-electron chi connectivity index (χ0n) is 15.5. The van der Waals surface area contributed by atoms with Gasteiger partial charge in [0.15, 0.2) is 6.10 Å². The molecular weight excluding hydrogens is 335 g/mol. The van der Waals surface area contributed by atoms with Crippen LogP contribution in [-0.4, -0.2) is 35.5 Å². The summed E-state index contributed by atoms with van der Waals surface area (Å²) in [5, 5.41) is 0. The predicted molar refractivity (Wildman–Crippen MR) is 95.1 cm³/mol. The van der Waals surface area contributed by atoms with Gasteiger partial charge in [-0.3, -0.25) is 4.79 Å². The number of rotatable bonds is 4. The maximum atomic E-state index is 13.0. The van der Waals surface area contributed by atoms with E-state index >= 15 is 0 Å². The molecule has 1 unspecified atom stereocenters. The number of halogens is 1. The topological polar surface area (TPSA) is 55.6 Å². The van der Waals surface area contributed by atoms with Gasteiger partial charge in [-0.25, -0.2) is 9.37 Å². The Labute approximate surface area is 153 Å². The van der Waals surface area contributed by atoms with Crippen LogP contribution in [0, 0.1) is 11.2 Å². The van der Waals surface area contributed by atoms with Crippen molar-refractivity contribution in [1.29, 1.82) is 0 Å². The van der Waals surface area contributed by atoms with Crippen LogP contribution in [0.4, 0.5) is 4.39 Å². The fourth-order valence-electron chi connectivity index (χ4n) is 2.95. The minimum atomic E-state index is -0.352. The number of aromatic nitrogens is 1. The number of carbonyl (C=O) groups is 1. The first kappa shape index (κ1) is 18.6. The fourth-order valence-corrected chi connectivity index (χ4v) is 2.95. The number of morpholine rings is 1. The van der Waals surface area contributed by atoms with Gasteiger partial charge in [0, 0.05) is 19.4 Å². The van der Waals surface area contributed by atoms with Crippen LogP contribution in [0.3, 0.4) is 0 Å². The molecule has 2 heterocycles. The maximum absolute atomic E-state index is 13.0. The van der Waals surface area contributed by atoms with E-state index in [1.54, 1.807) is 18.3 Å². The number of hydrogen-bond acceptors (Lipinski definition) is 4. The average Bonchev–Trinajstić information content (AvgIpc) is 3.04. The highest BCUT2D eigenvalue weighted by Crippen LogP contribution is 2.26. The number of nitrogens with zero attached hydrogens (tertiary/aromatic N) is 2. The Morgan fingerprint density at radius 1 is 1.31 bits per heavy atom. The van der Waals surface area contributed by atoms with Crippen molar-refractivity contribution in [2.45, 2.75) is 39.7 Å². The monoisotopic (exact) mass is 360 g/mol. The molecule has 1 atom stereocenters. The van der Waals surface area contributed by atoms with Crippen molar-refractivity contribution in [2.24, 2.45) is 5.41 Å². The number of oxazole rings is 1. The van der Waals surface area contributed by atoms with Gasteiger partial charge in [-0.1, -0.05) is 32.9 Å². The van der Waals surface area contributed by atoms with E-state index in [2.05, 4.69) is 25.8 Å². The van der Waals surface area contributed by atoms with Crippen LogP contribution in [0.25, 0.3) is 0 Å². The molecule has 0 radical (unpaired) electrons. The summed E-state index contributed by atoms with van der Waals surface area (Å²) >= 11 is 0. The average molecular weight is 360 g/mol. The Bertz CT molecular complexity index is 749. The molecule has 1 aromatic carbocycles. The van der Waals surface area contributed by atoms with E-state index in [1.807, 2.05) is 4.90 Å². The maximum Gasteiger partial charge on any atom is 0.225 e. The lowest BCUT2D eigenvalue weighted by Gasteiger charge is -2.33. The van der Waals surface area contributed by atoms with Gasteiger partial charge in [0.2, 0.25) is 11.8 Å². The zero-order valence-corrected chi connectivity index (χ0v) is 15.5. The van der Waals surface area contributed by atoms with Crippen LogP contribution < -0.4 is 0 Å². The molecule has 0 spiro atoms. The van der Waals surface area contributed by atoms with Crippen LogP contribution in [-0.2, 0) is 16.0 Å². The van der Waals surface area contributed by atoms with E-state index in [1.165, 1.54) is 12.1 Å². The summed E-state index contributed by atoms with van der Waals surface area (Å²) in [4.78, 5) is 18.6. The van der Waals surface area contributed by atoms with Gasteiger partial charge >= 0.3 is 0 Å². The molecule has 1 amide bonds. The summed E-state index contributed by atoms with van der Waals surface area (Å²) in [7, 11) is 0. The summed E-state index contributed by atoms with van der Waals surface area (Å²) in [6.07, 6.45) is 2.35. The van der Waals surface area contributed by atoms with Crippen molar-refractivity contribution in [1.82, 2.24) is 9.88 Å². The molecule has 26 heavy (non-hydrogen) atoms. The van der Waals surface area contributed by atoms with Gasteiger partial charge in [0.25, 0.3) is 0 Å². The third kappa shape index (κ3) is 4.91. The lowest BCUT2D eigenvalue weighted by atomic mass is 9.91. The van der Waals surface area contributed by atoms with Gasteiger partial charge in [0.1, 0.15) is 11.6 Å². The molecular formula is C20H25FN2O3. The molecule has 0 bridgehead atoms. The number of benzene rings is 1. The lowest BCUT2D eigenvalue weighted by molar-refractivity contribution is -0.141. The standard InChI is InChI=1S/C20H25FN2O3/c1-20(2,3)11-18(24)23-8-9-25-17(13-23)19-22-12-16(26-19)10-14-4-6-15(21)7-5-14/h4-7,12,17H,8-11,13H2,1-3H3. The highest BCUT2D eigenvalue weighted by molar-refractivity contribution is 5.77. The quantitative estimate of drug-likeness (QED) is 0.833. The molecule has 3 rings (SSSR count). The molecule has 1 saturated heterocycles. The molecule has 140 valence electrons. The SMILES string of the molecule is CC(C)(C)CC(=O)N1CCOC(c2ncc(Cc3ccc(F)cc3)o2)C1. The van der Waals surface area contributed by atoms with E-state index in [4.69, 9.17) is 9.15 Å². The summed E-state index contributed by atoms with van der Waals surface area (Å²) in [6, 6.07) is 6.30. The van der Waals surface area contributed by atoms with Crippen LogP contribution in [0.5, 0.6) is 0 Å². The third-order valence-electron chi connectivity index (χ3n) is 4.24. The van der Waals surface area contributed by atoms with E-state index in [0.717, 1.165) is 5.56 Å². The van der Waals surface area contributed by atoms with Crippen LogP contribution in [0.1, 0.15) is 50.5 Å². The molecule has 0 N–H and O–H groups in total. The van der Waals surface area contributed by atoms with Gasteiger partial charge in [-0.2, -0.15) is 0 Å². The first-order chi connectivity index (χ1) is 12.3. The molecule has 5 nitrogen and oxygen atoms in total. The summed E-state index contributed by atoms with van der Waals surface area (Å²) < 4.78 is 24.6. The van der Waals surface area contributed by atoms with Gasteiger partial charge in [-0.05, 0) is 23.1 Å². The molecule has 1 aromatic heterocycles. The van der Waals surface area contributed by atoms with Crippen molar-refractivity contribution in [3.05, 3.63) is 53.5 Å². The first-order valence-corrected chi connectivity index (χ1v) is 8.88. The smallest absolute Gasteiger partial charge is 0.225 e. The summed E-state index contributed by atoms with van der Waals surface area (Å²) in [5.41, 5.74) is 0.900. The molecule has 0 aliphatic carbocycles. The zero-order chi connectivity index (χ0) is 18.7. The van der Waals surface area contributed by atoms with Crippen molar-refractivity contribution >= 4 is 5.91 Å². The Hall–Kier alpha value is -2.21.